The minimum Gasteiger partial charge on any atom is -0.399 e. The van der Waals surface area contributed by atoms with Gasteiger partial charge in [-0.15, -0.1) is 0 Å². The lowest BCUT2D eigenvalue weighted by molar-refractivity contribution is 0.0953. The van der Waals surface area contributed by atoms with Gasteiger partial charge < -0.3 is 11.1 Å². The quantitative estimate of drug-likeness (QED) is 0.849. The zero-order chi connectivity index (χ0) is 15.4. The number of rotatable bonds is 4. The Balaban J connectivity index is 1.97. The molecule has 1 amide bonds. The normalized spacial score (nSPS) is 10.4. The summed E-state index contributed by atoms with van der Waals surface area (Å²) in [5.41, 5.74) is 9.67. The molecule has 4 heteroatoms. The minimum absolute atomic E-state index is 0.139. The van der Waals surface area contributed by atoms with Crippen molar-refractivity contribution in [1.29, 1.82) is 0 Å². The molecule has 0 saturated carbocycles. The van der Waals surface area contributed by atoms with Crippen molar-refractivity contribution in [3.8, 4) is 0 Å². The van der Waals surface area contributed by atoms with Crippen molar-refractivity contribution in [2.24, 2.45) is 0 Å². The summed E-state index contributed by atoms with van der Waals surface area (Å²) in [6, 6.07) is 9.96. The fourth-order valence-electron chi connectivity index (χ4n) is 2.23. The minimum atomic E-state index is -0.240. The van der Waals surface area contributed by atoms with E-state index in [1.807, 2.05) is 19.9 Å². The highest BCUT2D eigenvalue weighted by molar-refractivity contribution is 5.96. The number of aryl methyl sites for hydroxylation is 2. The molecule has 110 valence electrons. The molecule has 3 nitrogen and oxygen atoms in total. The predicted octanol–water partition coefficient (Wildman–Crippen LogP) is 3.00. The summed E-state index contributed by atoms with van der Waals surface area (Å²) in [7, 11) is 0. The van der Waals surface area contributed by atoms with E-state index in [0.29, 0.717) is 24.2 Å². The summed E-state index contributed by atoms with van der Waals surface area (Å²) in [6.07, 6.45) is 0.666. The van der Waals surface area contributed by atoms with E-state index in [-0.39, 0.29) is 11.7 Å². The second-order valence-electron chi connectivity index (χ2n) is 5.15. The first-order chi connectivity index (χ1) is 9.97. The number of nitrogens with two attached hydrogens (primary N) is 1. The third-order valence-corrected chi connectivity index (χ3v) is 3.49. The van der Waals surface area contributed by atoms with Crippen molar-refractivity contribution in [3.63, 3.8) is 0 Å². The summed E-state index contributed by atoms with van der Waals surface area (Å²) in [5.74, 6) is -0.379. The lowest BCUT2D eigenvalue weighted by Gasteiger charge is -2.10. The Morgan fingerprint density at radius 2 is 1.90 bits per heavy atom. The summed E-state index contributed by atoms with van der Waals surface area (Å²) in [4.78, 5) is 12.1. The van der Waals surface area contributed by atoms with Crippen LogP contribution in [0.4, 0.5) is 10.1 Å². The SMILES string of the molecule is Cc1cc(F)ccc1CCNC(=O)c1cc(N)ccc1C. The molecule has 0 aromatic heterocycles. The maximum atomic E-state index is 13.0. The molecule has 2 rings (SSSR count). The highest BCUT2D eigenvalue weighted by Crippen LogP contribution is 2.13. The average Bonchev–Trinajstić information content (AvgIpc) is 2.43. The van der Waals surface area contributed by atoms with Crippen LogP contribution in [0.1, 0.15) is 27.0 Å². The van der Waals surface area contributed by atoms with Crippen LogP contribution < -0.4 is 11.1 Å². The molecule has 3 N–H and O–H groups in total. The van der Waals surface area contributed by atoms with Gasteiger partial charge >= 0.3 is 0 Å². The fourth-order valence-corrected chi connectivity index (χ4v) is 2.23. The van der Waals surface area contributed by atoms with E-state index in [9.17, 15) is 9.18 Å². The van der Waals surface area contributed by atoms with Gasteiger partial charge in [0, 0.05) is 17.8 Å². The van der Waals surface area contributed by atoms with E-state index in [4.69, 9.17) is 5.73 Å². The molecule has 2 aromatic carbocycles. The first-order valence-electron chi connectivity index (χ1n) is 6.86. The number of anilines is 1. The second-order valence-corrected chi connectivity index (χ2v) is 5.15. The Hall–Kier alpha value is -2.36. The van der Waals surface area contributed by atoms with Crippen LogP contribution in [0.25, 0.3) is 0 Å². The predicted molar refractivity (Wildman–Crippen MR) is 82.8 cm³/mol. The summed E-state index contributed by atoms with van der Waals surface area (Å²) >= 11 is 0. The van der Waals surface area contributed by atoms with Gasteiger partial charge in [0.1, 0.15) is 5.82 Å². The van der Waals surface area contributed by atoms with E-state index in [1.165, 1.54) is 12.1 Å². The standard InChI is InChI=1S/C17H19FN2O/c1-11-3-6-15(19)10-16(11)17(21)20-8-7-13-4-5-14(18)9-12(13)2/h3-6,9-10H,7-8,19H2,1-2H3,(H,20,21). The van der Waals surface area contributed by atoms with E-state index in [0.717, 1.165) is 16.7 Å². The lowest BCUT2D eigenvalue weighted by Crippen LogP contribution is -2.26. The summed E-state index contributed by atoms with van der Waals surface area (Å²) in [5, 5.41) is 2.87. The van der Waals surface area contributed by atoms with E-state index < -0.39 is 0 Å². The van der Waals surface area contributed by atoms with Gasteiger partial charge in [-0.25, -0.2) is 4.39 Å². The highest BCUT2D eigenvalue weighted by Gasteiger charge is 2.09. The Morgan fingerprint density at radius 3 is 2.62 bits per heavy atom. The van der Waals surface area contributed by atoms with E-state index in [1.54, 1.807) is 18.2 Å². The van der Waals surface area contributed by atoms with Gasteiger partial charge in [-0.3, -0.25) is 4.79 Å². The van der Waals surface area contributed by atoms with Crippen molar-refractivity contribution < 1.29 is 9.18 Å². The average molecular weight is 286 g/mol. The van der Waals surface area contributed by atoms with Crippen LogP contribution in [0.2, 0.25) is 0 Å². The van der Waals surface area contributed by atoms with Crippen LogP contribution in [-0.4, -0.2) is 12.5 Å². The maximum absolute atomic E-state index is 13.0. The zero-order valence-corrected chi connectivity index (χ0v) is 12.2. The molecule has 0 spiro atoms. The summed E-state index contributed by atoms with van der Waals surface area (Å²) in [6.45, 7) is 4.24. The van der Waals surface area contributed by atoms with Gasteiger partial charge in [0.05, 0.1) is 0 Å². The lowest BCUT2D eigenvalue weighted by atomic mass is 10.0. The van der Waals surface area contributed by atoms with E-state index >= 15 is 0 Å². The van der Waals surface area contributed by atoms with Crippen LogP contribution >= 0.6 is 0 Å². The zero-order valence-electron chi connectivity index (χ0n) is 12.2. The monoisotopic (exact) mass is 286 g/mol. The smallest absolute Gasteiger partial charge is 0.251 e. The van der Waals surface area contributed by atoms with Crippen LogP contribution in [0.15, 0.2) is 36.4 Å². The first kappa shape index (κ1) is 15.0. The largest absolute Gasteiger partial charge is 0.399 e. The molecule has 0 aliphatic carbocycles. The van der Waals surface area contributed by atoms with Crippen molar-refractivity contribution in [2.45, 2.75) is 20.3 Å². The maximum Gasteiger partial charge on any atom is 0.251 e. The Labute approximate surface area is 124 Å². The van der Waals surface area contributed by atoms with Crippen LogP contribution in [0.3, 0.4) is 0 Å². The number of hydrogen-bond acceptors (Lipinski definition) is 2. The molecule has 2 aromatic rings. The molecule has 0 heterocycles. The topological polar surface area (TPSA) is 55.1 Å². The van der Waals surface area contributed by atoms with E-state index in [2.05, 4.69) is 5.32 Å². The number of carbonyl (C=O) groups excluding carboxylic acids is 1. The van der Waals surface area contributed by atoms with Crippen LogP contribution in [-0.2, 0) is 6.42 Å². The molecular formula is C17H19FN2O. The van der Waals surface area contributed by atoms with Crippen molar-refractivity contribution in [3.05, 3.63) is 64.5 Å². The third kappa shape index (κ3) is 3.81. The van der Waals surface area contributed by atoms with Gasteiger partial charge in [0.15, 0.2) is 0 Å². The molecule has 0 fully saturated rings. The van der Waals surface area contributed by atoms with Crippen LogP contribution in [0, 0.1) is 19.7 Å². The molecular weight excluding hydrogens is 267 g/mol. The molecule has 0 bridgehead atoms. The Morgan fingerprint density at radius 1 is 1.14 bits per heavy atom. The van der Waals surface area contributed by atoms with Gasteiger partial charge in [0.2, 0.25) is 0 Å². The molecule has 0 aliphatic rings. The molecule has 0 saturated heterocycles. The molecule has 0 aliphatic heterocycles. The van der Waals surface area contributed by atoms with Crippen molar-refractivity contribution in [2.75, 3.05) is 12.3 Å². The number of benzene rings is 2. The van der Waals surface area contributed by atoms with Gasteiger partial charge in [-0.05, 0) is 61.2 Å². The van der Waals surface area contributed by atoms with Crippen molar-refractivity contribution in [1.82, 2.24) is 5.32 Å². The van der Waals surface area contributed by atoms with Gasteiger partial charge in [-0.1, -0.05) is 12.1 Å². The summed E-state index contributed by atoms with van der Waals surface area (Å²) < 4.78 is 13.0. The number of halogens is 1. The third-order valence-electron chi connectivity index (χ3n) is 3.49. The number of hydrogen-bond donors (Lipinski definition) is 2. The number of carbonyl (C=O) groups is 1. The molecule has 0 atom stereocenters. The first-order valence-corrected chi connectivity index (χ1v) is 6.86. The Kier molecular flexibility index (Phi) is 4.58. The van der Waals surface area contributed by atoms with Gasteiger partial charge in [0.25, 0.3) is 5.91 Å². The fraction of sp³-hybridized carbons (Fsp3) is 0.235. The molecule has 21 heavy (non-hydrogen) atoms. The number of nitrogen functional groups attached to an aromatic ring is 1. The number of nitrogens with one attached hydrogen (secondary N) is 1. The second kappa shape index (κ2) is 6.39. The van der Waals surface area contributed by atoms with Gasteiger partial charge in [-0.2, -0.15) is 0 Å². The highest BCUT2D eigenvalue weighted by atomic mass is 19.1. The number of amides is 1. The van der Waals surface area contributed by atoms with Crippen molar-refractivity contribution >= 4 is 11.6 Å². The molecule has 0 unspecified atom stereocenters. The molecule has 0 radical (unpaired) electrons. The van der Waals surface area contributed by atoms with Crippen LogP contribution in [0.5, 0.6) is 0 Å². The Bertz CT molecular complexity index is 668.